The van der Waals surface area contributed by atoms with Gasteiger partial charge in [-0.25, -0.2) is 9.59 Å². The predicted octanol–water partition coefficient (Wildman–Crippen LogP) is 5.70. The number of halogens is 2. The third-order valence-corrected chi connectivity index (χ3v) is 8.00. The number of ether oxygens (including phenoxy) is 1. The summed E-state index contributed by atoms with van der Waals surface area (Å²) in [5.41, 5.74) is 9.80. The van der Waals surface area contributed by atoms with E-state index in [9.17, 15) is 9.59 Å². The van der Waals surface area contributed by atoms with Gasteiger partial charge in [-0.3, -0.25) is 4.57 Å². The molecule has 0 bridgehead atoms. The van der Waals surface area contributed by atoms with Gasteiger partial charge in [0.15, 0.2) is 0 Å². The highest BCUT2D eigenvalue weighted by molar-refractivity contribution is 6.42. The van der Waals surface area contributed by atoms with Crippen LogP contribution in [0.5, 0.6) is 5.75 Å². The van der Waals surface area contributed by atoms with E-state index in [4.69, 9.17) is 33.7 Å². The number of amides is 2. The minimum atomic E-state index is -0.509. The minimum Gasteiger partial charge on any atom is -0.492 e. The van der Waals surface area contributed by atoms with Crippen LogP contribution in [0.1, 0.15) is 30.5 Å². The summed E-state index contributed by atoms with van der Waals surface area (Å²) < 4.78 is 7.74. The Kier molecular flexibility index (Phi) is 7.88. The Labute approximate surface area is 236 Å². The molecule has 0 spiro atoms. The Morgan fingerprint density at radius 1 is 1.10 bits per heavy atom. The molecule has 204 valence electrons. The van der Waals surface area contributed by atoms with Gasteiger partial charge in [-0.15, -0.1) is 0 Å². The number of nitrogens with one attached hydrogen (secondary N) is 1. The van der Waals surface area contributed by atoms with Crippen molar-refractivity contribution in [2.24, 2.45) is 5.73 Å². The van der Waals surface area contributed by atoms with Crippen molar-refractivity contribution in [2.45, 2.75) is 24.9 Å². The van der Waals surface area contributed by atoms with Gasteiger partial charge in [0.05, 0.1) is 27.1 Å². The lowest BCUT2D eigenvalue weighted by molar-refractivity contribution is 0.136. The number of rotatable bonds is 7. The molecule has 1 aliphatic rings. The van der Waals surface area contributed by atoms with Crippen LogP contribution in [-0.2, 0) is 0 Å². The molecule has 2 heterocycles. The summed E-state index contributed by atoms with van der Waals surface area (Å²) in [6.07, 6.45) is 1.10. The lowest BCUT2D eigenvalue weighted by Gasteiger charge is -2.39. The number of nitrogens with zero attached hydrogens (tertiary/aromatic N) is 3. The molecule has 1 aromatic heterocycles. The number of hydrogen-bond acceptors (Lipinski definition) is 4. The van der Waals surface area contributed by atoms with E-state index in [-0.39, 0.29) is 17.8 Å². The van der Waals surface area contributed by atoms with E-state index >= 15 is 0 Å². The first-order valence-electron chi connectivity index (χ1n) is 12.8. The maximum Gasteiger partial charge on any atom is 0.326 e. The smallest absolute Gasteiger partial charge is 0.326 e. The van der Waals surface area contributed by atoms with Crippen molar-refractivity contribution in [1.82, 2.24) is 19.4 Å². The van der Waals surface area contributed by atoms with Gasteiger partial charge >= 0.3 is 11.7 Å². The molecule has 0 radical (unpaired) electrons. The van der Waals surface area contributed by atoms with E-state index in [1.807, 2.05) is 62.6 Å². The SMILES string of the molecule is CN(C)CCOc1cccc(-c2cccc3c2[nH]c(=O)n3C2CCN(C(N)=O)C(c3ccc(Cl)c(Cl)c3)C2)c1. The number of fused-ring (bicyclic) bond motifs is 1. The molecular weight excluding hydrogens is 537 g/mol. The van der Waals surface area contributed by atoms with Crippen LogP contribution in [0, 0.1) is 0 Å². The number of piperidine rings is 1. The number of benzene rings is 3. The fourth-order valence-corrected chi connectivity index (χ4v) is 5.64. The van der Waals surface area contributed by atoms with Gasteiger partial charge < -0.3 is 25.3 Å². The van der Waals surface area contributed by atoms with E-state index in [0.29, 0.717) is 36.0 Å². The molecule has 10 heteroatoms. The highest BCUT2D eigenvalue weighted by Crippen LogP contribution is 2.39. The highest BCUT2D eigenvalue weighted by Gasteiger charge is 2.34. The first-order valence-corrected chi connectivity index (χ1v) is 13.6. The van der Waals surface area contributed by atoms with E-state index in [2.05, 4.69) is 9.88 Å². The molecule has 0 aliphatic carbocycles. The van der Waals surface area contributed by atoms with E-state index < -0.39 is 6.03 Å². The van der Waals surface area contributed by atoms with Crippen LogP contribution >= 0.6 is 23.2 Å². The number of urea groups is 1. The van der Waals surface area contributed by atoms with Gasteiger partial charge in [0.1, 0.15) is 12.4 Å². The zero-order chi connectivity index (χ0) is 27.7. The predicted molar refractivity (Wildman–Crippen MR) is 156 cm³/mol. The van der Waals surface area contributed by atoms with Gasteiger partial charge in [-0.1, -0.05) is 53.5 Å². The van der Waals surface area contributed by atoms with Gasteiger partial charge in [-0.2, -0.15) is 0 Å². The van der Waals surface area contributed by atoms with Crippen LogP contribution in [0.15, 0.2) is 65.5 Å². The molecule has 3 aromatic carbocycles. The first-order chi connectivity index (χ1) is 18.7. The van der Waals surface area contributed by atoms with E-state index in [0.717, 1.165) is 40.0 Å². The minimum absolute atomic E-state index is 0.155. The van der Waals surface area contributed by atoms with Crippen molar-refractivity contribution in [3.8, 4) is 16.9 Å². The van der Waals surface area contributed by atoms with Crippen LogP contribution in [0.4, 0.5) is 4.79 Å². The number of carbonyl (C=O) groups is 1. The topological polar surface area (TPSA) is 96.6 Å². The van der Waals surface area contributed by atoms with E-state index in [1.165, 1.54) is 0 Å². The summed E-state index contributed by atoms with van der Waals surface area (Å²) in [6, 6.07) is 18.1. The molecule has 1 saturated heterocycles. The number of aromatic amines is 1. The maximum atomic E-state index is 13.4. The van der Waals surface area contributed by atoms with Crippen LogP contribution in [0.2, 0.25) is 10.0 Å². The standard InChI is InChI=1S/C29H31Cl2N5O3/c1-34(2)13-14-39-21-6-3-5-18(15-21)22-7-4-8-25-27(22)33-29(38)36(25)20-11-12-35(28(32)37)26(17-20)19-9-10-23(30)24(31)16-19/h3-10,15-16,20,26H,11-14,17H2,1-2H3,(H2,32,37)(H,33,38). The molecule has 8 nitrogen and oxygen atoms in total. The molecule has 2 amide bonds. The number of likely N-dealkylation sites (tertiary alicyclic amines) is 1. The third kappa shape index (κ3) is 5.64. The Morgan fingerprint density at radius 2 is 1.90 bits per heavy atom. The van der Waals surface area contributed by atoms with Crippen molar-refractivity contribution in [3.63, 3.8) is 0 Å². The van der Waals surface area contributed by atoms with Gasteiger partial charge in [0, 0.05) is 24.7 Å². The molecule has 2 unspecified atom stereocenters. The Morgan fingerprint density at radius 3 is 2.64 bits per heavy atom. The molecule has 1 aliphatic heterocycles. The fraction of sp³-hybridized carbons (Fsp3) is 0.310. The number of para-hydroxylation sites is 1. The molecule has 4 aromatic rings. The largest absolute Gasteiger partial charge is 0.492 e. The molecule has 1 fully saturated rings. The van der Waals surface area contributed by atoms with Crippen LogP contribution in [-0.4, -0.2) is 59.2 Å². The second-order valence-electron chi connectivity index (χ2n) is 10.1. The summed E-state index contributed by atoms with van der Waals surface area (Å²) in [5.74, 6) is 0.774. The van der Waals surface area contributed by atoms with Crippen LogP contribution in [0.25, 0.3) is 22.2 Å². The second kappa shape index (κ2) is 11.3. The maximum absolute atomic E-state index is 13.4. The summed E-state index contributed by atoms with van der Waals surface area (Å²) in [4.78, 5) is 32.5. The van der Waals surface area contributed by atoms with Crippen molar-refractivity contribution in [3.05, 3.63) is 86.8 Å². The summed E-state index contributed by atoms with van der Waals surface area (Å²) in [6.45, 7) is 1.81. The number of H-pyrrole nitrogens is 1. The monoisotopic (exact) mass is 567 g/mol. The molecule has 3 N–H and O–H groups in total. The van der Waals surface area contributed by atoms with Gasteiger partial charge in [0.2, 0.25) is 0 Å². The average Bonchev–Trinajstić information content (AvgIpc) is 3.25. The molecule has 5 rings (SSSR count). The lowest BCUT2D eigenvalue weighted by Crippen LogP contribution is -2.45. The number of aromatic nitrogens is 2. The molecule has 0 saturated carbocycles. The van der Waals surface area contributed by atoms with Crippen molar-refractivity contribution in [2.75, 3.05) is 33.8 Å². The first kappa shape index (κ1) is 27.1. The van der Waals surface area contributed by atoms with Gasteiger partial charge in [0.25, 0.3) is 0 Å². The normalized spacial score (nSPS) is 17.6. The Balaban J connectivity index is 1.49. The lowest BCUT2D eigenvalue weighted by atomic mass is 9.91. The second-order valence-corrected chi connectivity index (χ2v) is 10.9. The quantitative estimate of drug-likeness (QED) is 0.299. The highest BCUT2D eigenvalue weighted by atomic mass is 35.5. The number of primary amides is 1. The number of hydrogen-bond donors (Lipinski definition) is 2. The average molecular weight is 569 g/mol. The summed E-state index contributed by atoms with van der Waals surface area (Å²) in [7, 11) is 4.01. The van der Waals surface area contributed by atoms with Crippen molar-refractivity contribution in [1.29, 1.82) is 0 Å². The van der Waals surface area contributed by atoms with Crippen LogP contribution in [0.3, 0.4) is 0 Å². The summed E-state index contributed by atoms with van der Waals surface area (Å²) >= 11 is 12.4. The summed E-state index contributed by atoms with van der Waals surface area (Å²) in [5, 5.41) is 0.841. The zero-order valence-corrected chi connectivity index (χ0v) is 23.4. The number of carbonyl (C=O) groups excluding carboxylic acids is 1. The van der Waals surface area contributed by atoms with Crippen LogP contribution < -0.4 is 16.2 Å². The zero-order valence-electron chi connectivity index (χ0n) is 21.9. The molecular formula is C29H31Cl2N5O3. The molecule has 39 heavy (non-hydrogen) atoms. The fourth-order valence-electron chi connectivity index (χ4n) is 5.33. The van der Waals surface area contributed by atoms with Gasteiger partial charge in [-0.05, 0) is 68.4 Å². The van der Waals surface area contributed by atoms with E-state index in [1.54, 1.807) is 21.6 Å². The van der Waals surface area contributed by atoms with Crippen molar-refractivity contribution >= 4 is 40.3 Å². The van der Waals surface area contributed by atoms with Crippen molar-refractivity contribution < 1.29 is 9.53 Å². The number of imidazole rings is 1. The number of nitrogens with two attached hydrogens (primary N) is 1. The third-order valence-electron chi connectivity index (χ3n) is 7.26. The Hall–Kier alpha value is -3.46. The number of likely N-dealkylation sites (N-methyl/N-ethyl adjacent to an activating group) is 1. The molecule has 2 atom stereocenters. The Bertz CT molecular complexity index is 1560.